The van der Waals surface area contributed by atoms with Crippen molar-refractivity contribution < 1.29 is 13.2 Å². The number of benzene rings is 1. The first-order valence-corrected chi connectivity index (χ1v) is 12.9. The summed E-state index contributed by atoms with van der Waals surface area (Å²) < 4.78 is 47.4. The van der Waals surface area contributed by atoms with Crippen LogP contribution in [0.2, 0.25) is 0 Å². The number of aryl methyl sites for hydroxylation is 2. The van der Waals surface area contributed by atoms with E-state index in [-0.39, 0.29) is 5.92 Å². The summed E-state index contributed by atoms with van der Waals surface area (Å²) in [5, 5.41) is 6.05. The van der Waals surface area contributed by atoms with E-state index >= 15 is 0 Å². The number of alkyl halides is 3. The van der Waals surface area contributed by atoms with Gasteiger partial charge in [-0.1, -0.05) is 18.2 Å². The molecular formula is C25H28F3N5S. The number of hydrogen-bond donors (Lipinski definition) is 0. The number of nitrogens with zero attached hydrogens (tertiary/aromatic N) is 5. The predicted molar refractivity (Wildman–Crippen MR) is 125 cm³/mol. The number of halogens is 3. The average Bonchev–Trinajstić information content (AvgIpc) is 3.48. The molecule has 0 spiro atoms. The van der Waals surface area contributed by atoms with Crippen molar-refractivity contribution in [3.05, 3.63) is 58.8 Å². The second-order valence-electron chi connectivity index (χ2n) is 10.1. The predicted octanol–water partition coefficient (Wildman–Crippen LogP) is 5.69. The topological polar surface area (TPSA) is 46.8 Å². The lowest BCUT2D eigenvalue weighted by Crippen LogP contribution is -2.42. The first-order valence-electron chi connectivity index (χ1n) is 12.1. The summed E-state index contributed by atoms with van der Waals surface area (Å²) in [5.41, 5.74) is 0.841. The van der Waals surface area contributed by atoms with Crippen molar-refractivity contribution >= 4 is 16.5 Å². The standard InChI is InChI=1S/C25H28F3N5S/c1-15-11-23(34-31-15)32-13-16-8-9-17(14-32)20(16)12-22-29-24-19(6-4-10-33(24)30-22)18-5-2-3-7-21(18)25(26,27)28/h2-3,5,7,11,16-17,19-20H,4,6,8-10,12-14H2,1H3/t16-,17+,19?,20?. The van der Waals surface area contributed by atoms with Gasteiger partial charge >= 0.3 is 6.18 Å². The Bertz CT molecular complexity index is 1170. The Morgan fingerprint density at radius 2 is 1.85 bits per heavy atom. The molecule has 180 valence electrons. The van der Waals surface area contributed by atoms with Crippen molar-refractivity contribution in [2.45, 2.75) is 57.7 Å². The van der Waals surface area contributed by atoms with Gasteiger partial charge in [0.1, 0.15) is 10.8 Å². The minimum absolute atomic E-state index is 0.322. The molecule has 0 N–H and O–H groups in total. The summed E-state index contributed by atoms with van der Waals surface area (Å²) in [5.74, 6) is 2.88. The highest BCUT2D eigenvalue weighted by Crippen LogP contribution is 2.46. The van der Waals surface area contributed by atoms with E-state index in [9.17, 15) is 13.2 Å². The van der Waals surface area contributed by atoms with Gasteiger partial charge in [0.25, 0.3) is 0 Å². The van der Waals surface area contributed by atoms with Crippen molar-refractivity contribution in [3.8, 4) is 0 Å². The maximum absolute atomic E-state index is 13.7. The fourth-order valence-corrected chi connectivity index (χ4v) is 7.18. The van der Waals surface area contributed by atoms with Gasteiger partial charge in [0.2, 0.25) is 0 Å². The lowest BCUT2D eigenvalue weighted by atomic mass is 9.82. The fraction of sp³-hybridized carbons (Fsp3) is 0.560. The molecule has 0 radical (unpaired) electrons. The van der Waals surface area contributed by atoms with Gasteiger partial charge in [-0.2, -0.15) is 22.6 Å². The molecule has 4 atom stereocenters. The molecule has 2 aromatic heterocycles. The molecule has 34 heavy (non-hydrogen) atoms. The molecule has 1 saturated carbocycles. The van der Waals surface area contributed by atoms with Crippen LogP contribution in [0.15, 0.2) is 30.3 Å². The van der Waals surface area contributed by atoms with E-state index in [4.69, 9.17) is 10.1 Å². The van der Waals surface area contributed by atoms with Crippen LogP contribution in [-0.4, -0.2) is 32.2 Å². The molecule has 2 unspecified atom stereocenters. The van der Waals surface area contributed by atoms with Crippen LogP contribution in [0.4, 0.5) is 18.2 Å². The Morgan fingerprint density at radius 3 is 2.56 bits per heavy atom. The van der Waals surface area contributed by atoms with Gasteiger partial charge in [0.15, 0.2) is 5.82 Å². The number of rotatable bonds is 4. The molecule has 5 nitrogen and oxygen atoms in total. The van der Waals surface area contributed by atoms with Crippen molar-refractivity contribution in [2.75, 3.05) is 18.0 Å². The van der Waals surface area contributed by atoms with E-state index in [0.29, 0.717) is 35.6 Å². The maximum Gasteiger partial charge on any atom is 0.416 e. The number of piperidine rings is 1. The summed E-state index contributed by atoms with van der Waals surface area (Å²) in [7, 11) is 0. The summed E-state index contributed by atoms with van der Waals surface area (Å²) in [4.78, 5) is 7.35. The van der Waals surface area contributed by atoms with Crippen LogP contribution in [0.1, 0.15) is 60.1 Å². The van der Waals surface area contributed by atoms with E-state index < -0.39 is 11.7 Å². The van der Waals surface area contributed by atoms with E-state index in [1.807, 2.05) is 11.6 Å². The fourth-order valence-electron chi connectivity index (χ4n) is 6.40. The van der Waals surface area contributed by atoms with Crippen molar-refractivity contribution in [1.82, 2.24) is 19.1 Å². The molecule has 4 heterocycles. The normalized spacial score (nSPS) is 26.6. The molecule has 1 saturated heterocycles. The molecule has 6 rings (SSSR count). The van der Waals surface area contributed by atoms with E-state index in [2.05, 4.69) is 15.3 Å². The number of aromatic nitrogens is 4. The third-order valence-corrected chi connectivity index (χ3v) is 8.88. The van der Waals surface area contributed by atoms with E-state index in [1.165, 1.54) is 30.0 Å². The third-order valence-electron chi connectivity index (χ3n) is 7.93. The second kappa shape index (κ2) is 8.36. The Balaban J connectivity index is 1.23. The number of anilines is 1. The van der Waals surface area contributed by atoms with Gasteiger partial charge in [-0.15, -0.1) is 0 Å². The van der Waals surface area contributed by atoms with Gasteiger partial charge in [0, 0.05) is 32.0 Å². The summed E-state index contributed by atoms with van der Waals surface area (Å²) in [6.07, 6.45) is 0.370. The maximum atomic E-state index is 13.7. The highest BCUT2D eigenvalue weighted by Gasteiger charge is 2.43. The minimum atomic E-state index is -4.37. The molecule has 2 fully saturated rings. The third kappa shape index (κ3) is 3.91. The summed E-state index contributed by atoms with van der Waals surface area (Å²) in [6, 6.07) is 8.11. The zero-order valence-electron chi connectivity index (χ0n) is 19.1. The lowest BCUT2D eigenvalue weighted by Gasteiger charge is -2.38. The zero-order chi connectivity index (χ0) is 23.4. The molecule has 2 bridgehead atoms. The zero-order valence-corrected chi connectivity index (χ0v) is 19.9. The summed E-state index contributed by atoms with van der Waals surface area (Å²) in [6.45, 7) is 4.84. The molecule has 2 aliphatic heterocycles. The Kier molecular flexibility index (Phi) is 5.43. The van der Waals surface area contributed by atoms with Crippen LogP contribution in [0.5, 0.6) is 0 Å². The monoisotopic (exact) mass is 487 g/mol. The first kappa shape index (κ1) is 22.1. The largest absolute Gasteiger partial charge is 0.416 e. The Labute approximate surface area is 201 Å². The van der Waals surface area contributed by atoms with E-state index in [0.717, 1.165) is 44.0 Å². The molecule has 1 aliphatic carbocycles. The first-order chi connectivity index (χ1) is 16.4. The highest BCUT2D eigenvalue weighted by molar-refractivity contribution is 7.10. The second-order valence-corrected chi connectivity index (χ2v) is 10.8. The van der Waals surface area contributed by atoms with Crippen molar-refractivity contribution in [1.29, 1.82) is 0 Å². The van der Waals surface area contributed by atoms with Gasteiger partial charge in [-0.25, -0.2) is 9.67 Å². The molecule has 1 aromatic carbocycles. The summed E-state index contributed by atoms with van der Waals surface area (Å²) >= 11 is 1.58. The van der Waals surface area contributed by atoms with Crippen LogP contribution in [-0.2, 0) is 19.1 Å². The van der Waals surface area contributed by atoms with Crippen molar-refractivity contribution in [2.24, 2.45) is 17.8 Å². The SMILES string of the molecule is Cc1cc(N2C[C@H]3CC[C@@H](C2)C3Cc2nc3n(n2)CCCC3c2ccccc2C(F)(F)F)sn1. The molecule has 3 aromatic rings. The van der Waals surface area contributed by atoms with Crippen LogP contribution in [0, 0.1) is 24.7 Å². The molecule has 0 amide bonds. The smallest absolute Gasteiger partial charge is 0.362 e. The van der Waals surface area contributed by atoms with Crippen LogP contribution in [0.25, 0.3) is 0 Å². The minimum Gasteiger partial charge on any atom is -0.362 e. The van der Waals surface area contributed by atoms with Gasteiger partial charge < -0.3 is 4.90 Å². The number of hydrogen-bond acceptors (Lipinski definition) is 5. The van der Waals surface area contributed by atoms with Crippen LogP contribution >= 0.6 is 11.5 Å². The van der Waals surface area contributed by atoms with Gasteiger partial charge in [-0.05, 0) is 79.6 Å². The Morgan fingerprint density at radius 1 is 1.09 bits per heavy atom. The van der Waals surface area contributed by atoms with Crippen LogP contribution in [0.3, 0.4) is 0 Å². The molecule has 3 aliphatic rings. The van der Waals surface area contributed by atoms with E-state index in [1.54, 1.807) is 23.7 Å². The highest BCUT2D eigenvalue weighted by atomic mass is 32.1. The van der Waals surface area contributed by atoms with Crippen LogP contribution < -0.4 is 4.90 Å². The number of fused-ring (bicyclic) bond motifs is 3. The van der Waals surface area contributed by atoms with Gasteiger partial charge in [0.05, 0.1) is 11.3 Å². The van der Waals surface area contributed by atoms with Crippen molar-refractivity contribution in [3.63, 3.8) is 0 Å². The Hall–Kier alpha value is -2.42. The lowest BCUT2D eigenvalue weighted by molar-refractivity contribution is -0.138. The molecular weight excluding hydrogens is 459 g/mol. The quantitative estimate of drug-likeness (QED) is 0.474. The van der Waals surface area contributed by atoms with Gasteiger partial charge in [-0.3, -0.25) is 0 Å². The average molecular weight is 488 g/mol. The molecule has 9 heteroatoms.